The number of imidazole rings is 1. The molecule has 0 spiro atoms. The third-order valence-electron chi connectivity index (χ3n) is 3.76. The summed E-state index contributed by atoms with van der Waals surface area (Å²) in [6, 6.07) is 11.3. The van der Waals surface area contributed by atoms with Gasteiger partial charge in [-0.05, 0) is 30.3 Å². The van der Waals surface area contributed by atoms with Gasteiger partial charge in [-0.1, -0.05) is 22.9 Å². The number of nitrogens with zero attached hydrogens (tertiary/aromatic N) is 5. The van der Waals surface area contributed by atoms with Gasteiger partial charge in [-0.25, -0.2) is 9.67 Å². The summed E-state index contributed by atoms with van der Waals surface area (Å²) in [5.74, 6) is 1.39. The first-order chi connectivity index (χ1) is 11.7. The van der Waals surface area contributed by atoms with Crippen molar-refractivity contribution in [3.8, 4) is 11.5 Å². The lowest BCUT2D eigenvalue weighted by molar-refractivity contribution is 0.478. The molecule has 24 heavy (non-hydrogen) atoms. The van der Waals surface area contributed by atoms with E-state index in [9.17, 15) is 0 Å². The van der Waals surface area contributed by atoms with Gasteiger partial charge in [0.25, 0.3) is 0 Å². The van der Waals surface area contributed by atoms with E-state index in [0.29, 0.717) is 17.3 Å². The van der Waals surface area contributed by atoms with Crippen LogP contribution in [-0.4, -0.2) is 24.5 Å². The van der Waals surface area contributed by atoms with Gasteiger partial charge in [-0.15, -0.1) is 5.10 Å². The molecule has 0 radical (unpaired) electrons. The predicted octanol–water partition coefficient (Wildman–Crippen LogP) is 3.66. The van der Waals surface area contributed by atoms with Crippen molar-refractivity contribution < 1.29 is 4.74 Å². The fourth-order valence-corrected chi connectivity index (χ4v) is 2.78. The molecule has 6 nitrogen and oxygen atoms in total. The minimum atomic E-state index is 0.617. The van der Waals surface area contributed by atoms with Crippen LogP contribution >= 0.6 is 11.6 Å². The molecular formula is C17H14ClN5O. The summed E-state index contributed by atoms with van der Waals surface area (Å²) in [7, 11) is 1.85. The van der Waals surface area contributed by atoms with Gasteiger partial charge in [0.15, 0.2) is 11.3 Å². The highest BCUT2D eigenvalue weighted by molar-refractivity contribution is 6.30. The number of ether oxygens (including phenoxy) is 1. The number of halogens is 1. The smallest absolute Gasteiger partial charge is 0.157 e. The highest BCUT2D eigenvalue weighted by Gasteiger charge is 2.12. The van der Waals surface area contributed by atoms with Gasteiger partial charge in [-0.2, -0.15) is 0 Å². The zero-order chi connectivity index (χ0) is 16.5. The summed E-state index contributed by atoms with van der Waals surface area (Å²) in [5, 5.41) is 8.89. The van der Waals surface area contributed by atoms with E-state index in [0.717, 1.165) is 22.3 Å². The van der Waals surface area contributed by atoms with Crippen molar-refractivity contribution in [3.05, 3.63) is 65.7 Å². The number of rotatable bonds is 4. The summed E-state index contributed by atoms with van der Waals surface area (Å²) >= 11 is 6.15. The van der Waals surface area contributed by atoms with Crippen LogP contribution in [0.3, 0.4) is 0 Å². The molecule has 0 atom stereocenters. The first-order valence-electron chi connectivity index (χ1n) is 7.41. The zero-order valence-electron chi connectivity index (χ0n) is 12.9. The number of fused-ring (bicyclic) bond motifs is 1. The summed E-state index contributed by atoms with van der Waals surface area (Å²) < 4.78 is 9.81. The first kappa shape index (κ1) is 14.7. The molecule has 2 aromatic heterocycles. The molecule has 0 saturated heterocycles. The molecule has 0 aliphatic rings. The lowest BCUT2D eigenvalue weighted by Gasteiger charge is -2.12. The SMILES string of the molecule is Cn1nnc2c(Oc3ccc(Cl)cc3Cn3ccnc3)cccc21. The molecule has 0 aliphatic heterocycles. The Labute approximate surface area is 143 Å². The highest BCUT2D eigenvalue weighted by Crippen LogP contribution is 2.32. The molecular weight excluding hydrogens is 326 g/mol. The Kier molecular flexibility index (Phi) is 3.66. The van der Waals surface area contributed by atoms with Crippen LogP contribution in [0.15, 0.2) is 55.1 Å². The van der Waals surface area contributed by atoms with Crippen LogP contribution < -0.4 is 4.74 Å². The van der Waals surface area contributed by atoms with Gasteiger partial charge >= 0.3 is 0 Å². The van der Waals surface area contributed by atoms with Crippen LogP contribution in [0, 0.1) is 0 Å². The Morgan fingerprint density at radius 3 is 2.92 bits per heavy atom. The van der Waals surface area contributed by atoms with E-state index in [2.05, 4.69) is 15.3 Å². The minimum Gasteiger partial charge on any atom is -0.455 e. The maximum absolute atomic E-state index is 6.15. The maximum atomic E-state index is 6.15. The van der Waals surface area contributed by atoms with Crippen LogP contribution in [0.1, 0.15) is 5.56 Å². The van der Waals surface area contributed by atoms with Gasteiger partial charge in [0.1, 0.15) is 5.75 Å². The zero-order valence-corrected chi connectivity index (χ0v) is 13.7. The Hall–Kier alpha value is -2.86. The molecule has 2 heterocycles. The topological polar surface area (TPSA) is 57.8 Å². The van der Waals surface area contributed by atoms with Gasteiger partial charge in [0.2, 0.25) is 0 Å². The minimum absolute atomic E-state index is 0.617. The summed E-state index contributed by atoms with van der Waals surface area (Å²) in [6.07, 6.45) is 5.40. The van der Waals surface area contributed by atoms with E-state index in [4.69, 9.17) is 16.3 Å². The Balaban J connectivity index is 1.73. The van der Waals surface area contributed by atoms with Crippen LogP contribution in [-0.2, 0) is 13.6 Å². The fourth-order valence-electron chi connectivity index (χ4n) is 2.58. The Morgan fingerprint density at radius 2 is 2.08 bits per heavy atom. The van der Waals surface area contributed by atoms with E-state index in [1.165, 1.54) is 0 Å². The fraction of sp³-hybridized carbons (Fsp3) is 0.118. The summed E-state index contributed by atoms with van der Waals surface area (Å²) in [5.41, 5.74) is 2.60. The summed E-state index contributed by atoms with van der Waals surface area (Å²) in [4.78, 5) is 4.07. The van der Waals surface area contributed by atoms with Crippen molar-refractivity contribution in [1.29, 1.82) is 0 Å². The Bertz CT molecular complexity index is 994. The quantitative estimate of drug-likeness (QED) is 0.569. The second kappa shape index (κ2) is 5.98. The number of aryl methyl sites for hydroxylation is 1. The van der Waals surface area contributed by atoms with Gasteiger partial charge < -0.3 is 9.30 Å². The van der Waals surface area contributed by atoms with Crippen LogP contribution in [0.2, 0.25) is 5.02 Å². The van der Waals surface area contributed by atoms with Crippen molar-refractivity contribution in [2.45, 2.75) is 6.54 Å². The third kappa shape index (κ3) is 2.72. The first-order valence-corrected chi connectivity index (χ1v) is 7.79. The average molecular weight is 340 g/mol. The predicted molar refractivity (Wildman–Crippen MR) is 91.4 cm³/mol. The molecule has 7 heteroatoms. The van der Waals surface area contributed by atoms with Crippen LogP contribution in [0.25, 0.3) is 11.0 Å². The molecule has 0 saturated carbocycles. The monoisotopic (exact) mass is 339 g/mol. The number of benzene rings is 2. The Morgan fingerprint density at radius 1 is 1.17 bits per heavy atom. The molecule has 2 aromatic carbocycles. The molecule has 0 fully saturated rings. The van der Waals surface area contributed by atoms with Gasteiger partial charge in [-0.3, -0.25) is 0 Å². The highest BCUT2D eigenvalue weighted by atomic mass is 35.5. The molecule has 120 valence electrons. The van der Waals surface area contributed by atoms with Crippen LogP contribution in [0.5, 0.6) is 11.5 Å². The number of aromatic nitrogens is 5. The molecule has 0 aliphatic carbocycles. The molecule has 4 aromatic rings. The van der Waals surface area contributed by atoms with E-state index < -0.39 is 0 Å². The molecule has 0 unspecified atom stereocenters. The standard InChI is InChI=1S/C17H14ClN5O/c1-22-14-3-2-4-16(17(14)20-21-22)24-15-6-5-13(18)9-12(15)10-23-8-7-19-11-23/h2-9,11H,10H2,1H3. The van der Waals surface area contributed by atoms with Gasteiger partial charge in [0.05, 0.1) is 18.4 Å². The largest absolute Gasteiger partial charge is 0.455 e. The third-order valence-corrected chi connectivity index (χ3v) is 3.99. The van der Waals surface area contributed by atoms with Crippen LogP contribution in [0.4, 0.5) is 0 Å². The second-order valence-electron chi connectivity index (χ2n) is 5.43. The molecule has 0 bridgehead atoms. The van der Waals surface area contributed by atoms with Crippen molar-refractivity contribution in [3.63, 3.8) is 0 Å². The number of hydrogen-bond acceptors (Lipinski definition) is 4. The van der Waals surface area contributed by atoms with E-state index >= 15 is 0 Å². The normalized spacial score (nSPS) is 11.1. The lowest BCUT2D eigenvalue weighted by atomic mass is 10.2. The lowest BCUT2D eigenvalue weighted by Crippen LogP contribution is -1.99. The molecule has 0 amide bonds. The van der Waals surface area contributed by atoms with E-state index in [-0.39, 0.29) is 0 Å². The van der Waals surface area contributed by atoms with E-state index in [1.54, 1.807) is 17.2 Å². The van der Waals surface area contributed by atoms with Crippen molar-refractivity contribution in [2.24, 2.45) is 7.05 Å². The average Bonchev–Trinajstić information content (AvgIpc) is 3.21. The molecule has 4 rings (SSSR count). The molecule has 0 N–H and O–H groups in total. The van der Waals surface area contributed by atoms with Crippen molar-refractivity contribution in [2.75, 3.05) is 0 Å². The maximum Gasteiger partial charge on any atom is 0.157 e. The second-order valence-corrected chi connectivity index (χ2v) is 5.86. The number of hydrogen-bond donors (Lipinski definition) is 0. The van der Waals surface area contributed by atoms with E-state index in [1.807, 2.05) is 54.2 Å². The summed E-state index contributed by atoms with van der Waals surface area (Å²) in [6.45, 7) is 0.617. The van der Waals surface area contributed by atoms with Crippen molar-refractivity contribution in [1.82, 2.24) is 24.5 Å². The van der Waals surface area contributed by atoms with Crippen molar-refractivity contribution >= 4 is 22.6 Å². The van der Waals surface area contributed by atoms with Gasteiger partial charge in [0, 0.05) is 30.0 Å².